The highest BCUT2D eigenvalue weighted by Gasteiger charge is 2.03. The van der Waals surface area contributed by atoms with E-state index in [1.807, 2.05) is 24.3 Å². The molecule has 0 aliphatic heterocycles. The number of hydrogen-bond donors (Lipinski definition) is 2. The van der Waals surface area contributed by atoms with Crippen molar-refractivity contribution in [2.24, 2.45) is 0 Å². The molecule has 1 aromatic heterocycles. The third kappa shape index (κ3) is 4.84. The Kier molecular flexibility index (Phi) is 5.89. The van der Waals surface area contributed by atoms with E-state index in [2.05, 4.69) is 27.5 Å². The van der Waals surface area contributed by atoms with Crippen molar-refractivity contribution in [3.63, 3.8) is 0 Å². The Morgan fingerprint density at radius 2 is 1.95 bits per heavy atom. The molecule has 2 rings (SSSR count). The molecule has 1 heterocycles. The van der Waals surface area contributed by atoms with Gasteiger partial charge in [-0.3, -0.25) is 4.79 Å². The van der Waals surface area contributed by atoms with Gasteiger partial charge < -0.3 is 10.6 Å². The number of ketones is 1. The Hall–Kier alpha value is -2.43. The molecule has 0 fully saturated rings. The number of nitrogens with zero attached hydrogens (tertiary/aromatic N) is 2. The van der Waals surface area contributed by atoms with Crippen molar-refractivity contribution in [1.29, 1.82) is 0 Å². The first-order valence-electron chi connectivity index (χ1n) is 7.63. The number of carbonyl (C=O) groups excluding carboxylic acids is 1. The van der Waals surface area contributed by atoms with Gasteiger partial charge in [-0.2, -0.15) is 0 Å². The van der Waals surface area contributed by atoms with Crippen molar-refractivity contribution in [3.05, 3.63) is 42.2 Å². The molecule has 1 aromatic carbocycles. The molecule has 0 atom stereocenters. The Bertz CT molecular complexity index is 628. The number of nitrogens with one attached hydrogen (secondary N) is 2. The van der Waals surface area contributed by atoms with E-state index in [1.165, 1.54) is 19.2 Å². The van der Waals surface area contributed by atoms with Gasteiger partial charge in [-0.25, -0.2) is 9.97 Å². The molecule has 5 nitrogen and oxygen atoms in total. The minimum Gasteiger partial charge on any atom is -0.370 e. The number of benzene rings is 1. The average molecular weight is 298 g/mol. The third-order valence-electron chi connectivity index (χ3n) is 3.30. The van der Waals surface area contributed by atoms with Gasteiger partial charge in [-0.05, 0) is 25.5 Å². The summed E-state index contributed by atoms with van der Waals surface area (Å²) in [6, 6.07) is 9.24. The summed E-state index contributed by atoms with van der Waals surface area (Å²) in [5, 5.41) is 6.49. The highest BCUT2D eigenvalue weighted by atomic mass is 16.1. The smallest absolute Gasteiger partial charge is 0.159 e. The highest BCUT2D eigenvalue weighted by molar-refractivity contribution is 5.95. The molecule has 0 unspecified atom stereocenters. The van der Waals surface area contributed by atoms with E-state index in [-0.39, 0.29) is 5.78 Å². The number of Topliss-reactive ketones (excluding diaryl/α,β-unsaturated/α-hetero) is 1. The van der Waals surface area contributed by atoms with E-state index < -0.39 is 0 Å². The van der Waals surface area contributed by atoms with Gasteiger partial charge in [0, 0.05) is 23.9 Å². The van der Waals surface area contributed by atoms with Crippen LogP contribution < -0.4 is 10.6 Å². The molecule has 0 bridgehead atoms. The van der Waals surface area contributed by atoms with Gasteiger partial charge in [-0.15, -0.1) is 0 Å². The van der Waals surface area contributed by atoms with Crippen LogP contribution in [-0.4, -0.2) is 22.3 Å². The minimum atomic E-state index is 0.0459. The van der Waals surface area contributed by atoms with Crippen molar-refractivity contribution >= 4 is 23.1 Å². The molecule has 0 radical (unpaired) electrons. The summed E-state index contributed by atoms with van der Waals surface area (Å²) in [5.41, 5.74) is 1.51. The number of aromatic nitrogens is 2. The standard InChI is InChI=1S/C17H22N4O/c1-3-4-5-9-18-16-11-17(20-12-19-16)21-15-8-6-7-14(10-15)13(2)22/h6-8,10-12H,3-5,9H2,1-2H3,(H2,18,19,20,21). The Labute approximate surface area is 131 Å². The van der Waals surface area contributed by atoms with Gasteiger partial charge in [0.2, 0.25) is 0 Å². The quantitative estimate of drug-likeness (QED) is 0.569. The first kappa shape index (κ1) is 15.9. The first-order valence-corrected chi connectivity index (χ1v) is 7.63. The fourth-order valence-electron chi connectivity index (χ4n) is 2.08. The fourth-order valence-corrected chi connectivity index (χ4v) is 2.08. The average Bonchev–Trinajstić information content (AvgIpc) is 2.52. The van der Waals surface area contributed by atoms with Crippen LogP contribution >= 0.6 is 0 Å². The molecule has 0 aliphatic carbocycles. The lowest BCUT2D eigenvalue weighted by Crippen LogP contribution is -2.04. The number of carbonyl (C=O) groups is 1. The normalized spacial score (nSPS) is 10.3. The van der Waals surface area contributed by atoms with Crippen LogP contribution in [0.4, 0.5) is 17.3 Å². The van der Waals surface area contributed by atoms with Crippen molar-refractivity contribution in [3.8, 4) is 0 Å². The van der Waals surface area contributed by atoms with E-state index >= 15 is 0 Å². The second-order valence-electron chi connectivity index (χ2n) is 5.18. The van der Waals surface area contributed by atoms with Gasteiger partial charge >= 0.3 is 0 Å². The molecule has 0 saturated carbocycles. The van der Waals surface area contributed by atoms with Crippen molar-refractivity contribution < 1.29 is 4.79 Å². The summed E-state index contributed by atoms with van der Waals surface area (Å²) in [7, 11) is 0. The monoisotopic (exact) mass is 298 g/mol. The van der Waals surface area contributed by atoms with Gasteiger partial charge in [-0.1, -0.05) is 31.9 Å². The van der Waals surface area contributed by atoms with Crippen molar-refractivity contribution in [2.45, 2.75) is 33.1 Å². The zero-order valence-corrected chi connectivity index (χ0v) is 13.1. The first-order chi connectivity index (χ1) is 10.7. The lowest BCUT2D eigenvalue weighted by molar-refractivity contribution is 0.101. The molecule has 0 saturated heterocycles. The molecule has 22 heavy (non-hydrogen) atoms. The van der Waals surface area contributed by atoms with Gasteiger partial charge in [0.1, 0.15) is 18.0 Å². The summed E-state index contributed by atoms with van der Waals surface area (Å²) >= 11 is 0. The maximum Gasteiger partial charge on any atom is 0.159 e. The third-order valence-corrected chi connectivity index (χ3v) is 3.30. The fraction of sp³-hybridized carbons (Fsp3) is 0.353. The van der Waals surface area contributed by atoms with Gasteiger partial charge in [0.15, 0.2) is 5.78 Å². The molecular formula is C17H22N4O. The van der Waals surface area contributed by atoms with Gasteiger partial charge in [0.25, 0.3) is 0 Å². The Balaban J connectivity index is 2.00. The summed E-state index contributed by atoms with van der Waals surface area (Å²) in [4.78, 5) is 19.8. The predicted octanol–water partition coefficient (Wildman–Crippen LogP) is 4.02. The molecule has 5 heteroatoms. The lowest BCUT2D eigenvalue weighted by atomic mass is 10.1. The molecule has 0 aliphatic rings. The summed E-state index contributed by atoms with van der Waals surface area (Å²) in [5.74, 6) is 1.55. The van der Waals surface area contributed by atoms with Crippen LogP contribution in [-0.2, 0) is 0 Å². The lowest BCUT2D eigenvalue weighted by Gasteiger charge is -2.09. The number of rotatable bonds is 8. The van der Waals surface area contributed by atoms with E-state index in [9.17, 15) is 4.79 Å². The second-order valence-corrected chi connectivity index (χ2v) is 5.18. The molecule has 2 aromatic rings. The van der Waals surface area contributed by atoms with Crippen molar-refractivity contribution in [2.75, 3.05) is 17.2 Å². The van der Waals surface area contributed by atoms with Crippen LogP contribution in [0.15, 0.2) is 36.7 Å². The second kappa shape index (κ2) is 8.12. The summed E-state index contributed by atoms with van der Waals surface area (Å²) < 4.78 is 0. The zero-order valence-electron chi connectivity index (χ0n) is 13.1. The minimum absolute atomic E-state index is 0.0459. The van der Waals surface area contributed by atoms with E-state index in [4.69, 9.17) is 0 Å². The molecular weight excluding hydrogens is 276 g/mol. The number of anilines is 3. The largest absolute Gasteiger partial charge is 0.370 e. The number of unbranched alkanes of at least 4 members (excludes halogenated alkanes) is 2. The Morgan fingerprint density at radius 3 is 2.73 bits per heavy atom. The van der Waals surface area contributed by atoms with Crippen LogP contribution in [0.1, 0.15) is 43.5 Å². The van der Waals surface area contributed by atoms with Crippen LogP contribution in [0.2, 0.25) is 0 Å². The van der Waals surface area contributed by atoms with E-state index in [1.54, 1.807) is 13.0 Å². The maximum atomic E-state index is 11.4. The van der Waals surface area contributed by atoms with Crippen LogP contribution in [0.25, 0.3) is 0 Å². The molecule has 0 spiro atoms. The summed E-state index contributed by atoms with van der Waals surface area (Å²) in [6.07, 6.45) is 5.06. The Morgan fingerprint density at radius 1 is 1.14 bits per heavy atom. The van der Waals surface area contributed by atoms with E-state index in [0.29, 0.717) is 11.4 Å². The van der Waals surface area contributed by atoms with Crippen LogP contribution in [0, 0.1) is 0 Å². The van der Waals surface area contributed by atoms with E-state index in [0.717, 1.165) is 24.5 Å². The van der Waals surface area contributed by atoms with Crippen LogP contribution in [0.5, 0.6) is 0 Å². The number of hydrogen-bond acceptors (Lipinski definition) is 5. The molecule has 2 N–H and O–H groups in total. The highest BCUT2D eigenvalue weighted by Crippen LogP contribution is 2.18. The molecule has 116 valence electrons. The van der Waals surface area contributed by atoms with Gasteiger partial charge in [0.05, 0.1) is 0 Å². The zero-order chi connectivity index (χ0) is 15.8. The van der Waals surface area contributed by atoms with Crippen LogP contribution in [0.3, 0.4) is 0 Å². The maximum absolute atomic E-state index is 11.4. The summed E-state index contributed by atoms with van der Waals surface area (Å²) in [6.45, 7) is 4.65. The SMILES string of the molecule is CCCCCNc1cc(Nc2cccc(C(C)=O)c2)ncn1. The molecule has 0 amide bonds. The predicted molar refractivity (Wildman–Crippen MR) is 89.8 cm³/mol. The topological polar surface area (TPSA) is 66.9 Å². The van der Waals surface area contributed by atoms with Crippen molar-refractivity contribution in [1.82, 2.24) is 9.97 Å².